The third-order valence-electron chi connectivity index (χ3n) is 1.82. The minimum absolute atomic E-state index is 0.00191. The van der Waals surface area contributed by atoms with Gasteiger partial charge in [-0.2, -0.15) is 0 Å². The highest BCUT2D eigenvalue weighted by Gasteiger charge is 2.13. The Hall–Kier alpha value is -1.27. The van der Waals surface area contributed by atoms with E-state index in [0.717, 1.165) is 0 Å². The molecule has 15 heavy (non-hydrogen) atoms. The van der Waals surface area contributed by atoms with E-state index in [1.807, 2.05) is 0 Å². The Labute approximate surface area is 91.6 Å². The van der Waals surface area contributed by atoms with E-state index in [4.69, 9.17) is 5.11 Å². The van der Waals surface area contributed by atoms with Gasteiger partial charge in [-0.15, -0.1) is 11.8 Å². The average Bonchev–Trinajstić information content (AvgIpc) is 2.25. The summed E-state index contributed by atoms with van der Waals surface area (Å²) >= 11 is 1.34. The summed E-state index contributed by atoms with van der Waals surface area (Å²) in [5.74, 6) is 0. The number of benzene rings is 1. The molecule has 1 rings (SSSR count). The number of anilines is 1. The van der Waals surface area contributed by atoms with E-state index in [-0.39, 0.29) is 12.3 Å². The third kappa shape index (κ3) is 3.10. The second-order valence-electron chi connectivity index (χ2n) is 2.79. The Morgan fingerprint density at radius 2 is 2.33 bits per heavy atom. The zero-order valence-electron chi connectivity index (χ0n) is 8.27. The maximum atomic E-state index is 10.7. The number of hydrogen-bond donors (Lipinski definition) is 2. The van der Waals surface area contributed by atoms with E-state index in [1.54, 1.807) is 18.4 Å². The van der Waals surface area contributed by atoms with Gasteiger partial charge >= 0.3 is 0 Å². The van der Waals surface area contributed by atoms with Gasteiger partial charge in [-0.1, -0.05) is 0 Å². The molecule has 6 heteroatoms. The maximum absolute atomic E-state index is 10.7. The molecule has 2 N–H and O–H groups in total. The number of nitrogens with zero attached hydrogens (tertiary/aromatic N) is 1. The molecule has 1 aromatic rings. The van der Waals surface area contributed by atoms with Gasteiger partial charge in [-0.3, -0.25) is 10.1 Å². The lowest BCUT2D eigenvalue weighted by Gasteiger charge is -2.05. The van der Waals surface area contributed by atoms with Gasteiger partial charge in [0.15, 0.2) is 0 Å². The van der Waals surface area contributed by atoms with E-state index >= 15 is 0 Å². The van der Waals surface area contributed by atoms with Crippen LogP contribution in [0.25, 0.3) is 0 Å². The van der Waals surface area contributed by atoms with E-state index in [9.17, 15) is 10.1 Å². The number of nitro benzene ring substituents is 1. The Morgan fingerprint density at radius 3 is 2.87 bits per heavy atom. The number of aliphatic hydroxyl groups is 1. The summed E-state index contributed by atoms with van der Waals surface area (Å²) in [7, 11) is 0. The number of nitro groups is 1. The first-order chi connectivity index (χ1) is 7.19. The lowest BCUT2D eigenvalue weighted by atomic mass is 10.3. The molecule has 0 aliphatic heterocycles. The first-order valence-electron chi connectivity index (χ1n) is 4.36. The summed E-state index contributed by atoms with van der Waals surface area (Å²) in [6.45, 7) is 0.383. The van der Waals surface area contributed by atoms with Crippen molar-refractivity contribution in [1.29, 1.82) is 0 Å². The number of thioether (sulfide) groups is 1. The quantitative estimate of drug-likeness (QED) is 0.456. The smallest absolute Gasteiger partial charge is 0.284 e. The number of rotatable bonds is 5. The molecule has 82 valence electrons. The van der Waals surface area contributed by atoms with Gasteiger partial charge in [0.2, 0.25) is 0 Å². The van der Waals surface area contributed by atoms with Crippen molar-refractivity contribution in [3.63, 3.8) is 0 Å². The highest BCUT2D eigenvalue weighted by atomic mass is 32.2. The largest absolute Gasteiger partial charge is 0.395 e. The molecule has 1 aromatic carbocycles. The molecule has 5 nitrogen and oxygen atoms in total. The lowest BCUT2D eigenvalue weighted by molar-refractivity contribution is -0.387. The Morgan fingerprint density at radius 1 is 1.60 bits per heavy atom. The first-order valence-corrected chi connectivity index (χ1v) is 5.58. The highest BCUT2D eigenvalue weighted by Crippen LogP contribution is 2.29. The van der Waals surface area contributed by atoms with Crippen LogP contribution in [-0.4, -0.2) is 29.4 Å². The van der Waals surface area contributed by atoms with Crippen LogP contribution in [-0.2, 0) is 0 Å². The fourth-order valence-corrected chi connectivity index (χ4v) is 1.69. The van der Waals surface area contributed by atoms with Crippen molar-refractivity contribution in [2.75, 3.05) is 24.7 Å². The molecule has 0 saturated heterocycles. The molecule has 0 heterocycles. The Balaban J connectivity index is 2.94. The Kier molecular flexibility index (Phi) is 4.38. The predicted molar refractivity (Wildman–Crippen MR) is 60.5 cm³/mol. The van der Waals surface area contributed by atoms with Crippen molar-refractivity contribution in [2.24, 2.45) is 0 Å². The molecule has 0 saturated carbocycles. The van der Waals surface area contributed by atoms with Crippen LogP contribution in [0.3, 0.4) is 0 Å². The molecule has 0 radical (unpaired) electrons. The molecule has 0 bridgehead atoms. The van der Waals surface area contributed by atoms with E-state index in [0.29, 0.717) is 17.1 Å². The lowest BCUT2D eigenvalue weighted by Crippen LogP contribution is -2.05. The summed E-state index contributed by atoms with van der Waals surface area (Å²) in [4.78, 5) is 10.9. The fraction of sp³-hybridized carbons (Fsp3) is 0.333. The summed E-state index contributed by atoms with van der Waals surface area (Å²) in [6, 6.07) is 4.93. The van der Waals surface area contributed by atoms with Crippen LogP contribution < -0.4 is 5.32 Å². The van der Waals surface area contributed by atoms with Crippen LogP contribution >= 0.6 is 11.8 Å². The highest BCUT2D eigenvalue weighted by molar-refractivity contribution is 7.98. The zero-order chi connectivity index (χ0) is 11.3. The van der Waals surface area contributed by atoms with E-state index in [1.165, 1.54) is 17.8 Å². The van der Waals surface area contributed by atoms with Crippen molar-refractivity contribution in [3.05, 3.63) is 28.3 Å². The summed E-state index contributed by atoms with van der Waals surface area (Å²) < 4.78 is 0. The maximum Gasteiger partial charge on any atom is 0.284 e. The predicted octanol–water partition coefficient (Wildman–Crippen LogP) is 1.72. The zero-order valence-corrected chi connectivity index (χ0v) is 9.08. The Bertz CT molecular complexity index is 357. The van der Waals surface area contributed by atoms with Crippen molar-refractivity contribution < 1.29 is 10.0 Å². The van der Waals surface area contributed by atoms with Crippen LogP contribution in [0.5, 0.6) is 0 Å². The average molecular weight is 228 g/mol. The number of nitrogens with one attached hydrogen (secondary N) is 1. The molecule has 0 spiro atoms. The fourth-order valence-electron chi connectivity index (χ4n) is 1.14. The van der Waals surface area contributed by atoms with Gasteiger partial charge in [-0.05, 0) is 18.4 Å². The minimum atomic E-state index is -0.407. The van der Waals surface area contributed by atoms with E-state index in [2.05, 4.69) is 5.32 Å². The molecule has 0 aliphatic carbocycles. The van der Waals surface area contributed by atoms with Crippen molar-refractivity contribution >= 4 is 23.1 Å². The number of aliphatic hydroxyl groups excluding tert-OH is 1. The van der Waals surface area contributed by atoms with Crippen LogP contribution in [0.15, 0.2) is 23.1 Å². The van der Waals surface area contributed by atoms with Gasteiger partial charge in [0.05, 0.1) is 16.4 Å². The topological polar surface area (TPSA) is 75.4 Å². The van der Waals surface area contributed by atoms with E-state index < -0.39 is 4.92 Å². The van der Waals surface area contributed by atoms with Crippen LogP contribution in [0, 0.1) is 10.1 Å². The molecule has 0 atom stereocenters. The molecular weight excluding hydrogens is 216 g/mol. The van der Waals surface area contributed by atoms with Crippen molar-refractivity contribution in [1.82, 2.24) is 0 Å². The molecule has 0 fully saturated rings. The summed E-state index contributed by atoms with van der Waals surface area (Å²) in [5.41, 5.74) is 0.735. The molecule has 0 unspecified atom stereocenters. The van der Waals surface area contributed by atoms with Gasteiger partial charge in [0, 0.05) is 18.3 Å². The second kappa shape index (κ2) is 5.57. The number of hydrogen-bond acceptors (Lipinski definition) is 5. The summed E-state index contributed by atoms with van der Waals surface area (Å²) in [6.07, 6.45) is 1.79. The summed E-state index contributed by atoms with van der Waals surface area (Å²) in [5, 5.41) is 22.2. The van der Waals surface area contributed by atoms with Crippen LogP contribution in [0.4, 0.5) is 11.4 Å². The van der Waals surface area contributed by atoms with Crippen molar-refractivity contribution in [2.45, 2.75) is 4.90 Å². The molecule has 0 aromatic heterocycles. The standard InChI is InChI=1S/C9H12N2O3S/c1-15-9-3-2-7(10-4-5-12)6-8(9)11(13)14/h2-3,6,10,12H,4-5H2,1H3. The van der Waals surface area contributed by atoms with Gasteiger partial charge in [-0.25, -0.2) is 0 Å². The monoisotopic (exact) mass is 228 g/mol. The molecular formula is C9H12N2O3S. The molecule has 0 aliphatic rings. The SMILES string of the molecule is CSc1ccc(NCCO)cc1[N+](=O)[O-]. The second-order valence-corrected chi connectivity index (χ2v) is 3.64. The molecule has 0 amide bonds. The van der Waals surface area contributed by atoms with Gasteiger partial charge < -0.3 is 10.4 Å². The minimum Gasteiger partial charge on any atom is -0.395 e. The van der Waals surface area contributed by atoms with Crippen LogP contribution in [0.1, 0.15) is 0 Å². The van der Waals surface area contributed by atoms with Gasteiger partial charge in [0.25, 0.3) is 5.69 Å². The first kappa shape index (κ1) is 11.8. The third-order valence-corrected chi connectivity index (χ3v) is 2.60. The normalized spacial score (nSPS) is 10.0. The van der Waals surface area contributed by atoms with Gasteiger partial charge in [0.1, 0.15) is 0 Å². The van der Waals surface area contributed by atoms with Crippen molar-refractivity contribution in [3.8, 4) is 0 Å². The van der Waals surface area contributed by atoms with Crippen LogP contribution in [0.2, 0.25) is 0 Å².